The van der Waals surface area contributed by atoms with E-state index in [1.165, 1.54) is 10.9 Å². The number of nitrogens with zero attached hydrogens (tertiary/aromatic N) is 2. The molecular formula is C12H14N4O2. The molecule has 0 saturated heterocycles. The van der Waals surface area contributed by atoms with E-state index >= 15 is 0 Å². The summed E-state index contributed by atoms with van der Waals surface area (Å²) in [4.78, 5) is 11.1. The number of nitrogen functional groups attached to an aromatic ring is 1. The Labute approximate surface area is 104 Å². The van der Waals surface area contributed by atoms with Crippen LogP contribution in [0.15, 0.2) is 30.5 Å². The van der Waals surface area contributed by atoms with Crippen LogP contribution in [-0.4, -0.2) is 22.8 Å². The Hall–Kier alpha value is -2.50. The van der Waals surface area contributed by atoms with Gasteiger partial charge in [0.2, 0.25) is 0 Å². The molecule has 1 amide bonds. The third-order valence-corrected chi connectivity index (χ3v) is 2.61. The lowest BCUT2D eigenvalue weighted by atomic mass is 10.2. The van der Waals surface area contributed by atoms with Crippen molar-refractivity contribution in [3.05, 3.63) is 41.6 Å². The van der Waals surface area contributed by atoms with Crippen LogP contribution in [0.5, 0.6) is 5.75 Å². The first-order valence-corrected chi connectivity index (χ1v) is 5.36. The number of carbonyl (C=O) groups excluding carboxylic acids is 1. The first-order chi connectivity index (χ1) is 8.61. The molecule has 0 saturated carbocycles. The normalized spacial score (nSPS) is 10.3. The van der Waals surface area contributed by atoms with Crippen molar-refractivity contribution in [1.29, 1.82) is 0 Å². The van der Waals surface area contributed by atoms with Gasteiger partial charge >= 0.3 is 0 Å². The number of hydrogen-bond donors (Lipinski definition) is 2. The molecule has 1 aromatic carbocycles. The lowest BCUT2D eigenvalue weighted by Gasteiger charge is -2.06. The number of ether oxygens (including phenoxy) is 1. The smallest absolute Gasteiger partial charge is 0.254 e. The van der Waals surface area contributed by atoms with Gasteiger partial charge in [0, 0.05) is 0 Å². The van der Waals surface area contributed by atoms with Gasteiger partial charge in [-0.1, -0.05) is 12.1 Å². The summed E-state index contributed by atoms with van der Waals surface area (Å²) in [5, 5.41) is 4.04. The van der Waals surface area contributed by atoms with Gasteiger partial charge in [0.25, 0.3) is 5.91 Å². The van der Waals surface area contributed by atoms with Gasteiger partial charge in [-0.3, -0.25) is 4.79 Å². The molecule has 0 aliphatic rings. The molecule has 0 atom stereocenters. The minimum absolute atomic E-state index is 0.234. The second kappa shape index (κ2) is 4.79. The Balaban J connectivity index is 2.26. The molecule has 0 radical (unpaired) electrons. The van der Waals surface area contributed by atoms with Gasteiger partial charge in [-0.05, 0) is 17.7 Å². The van der Waals surface area contributed by atoms with E-state index in [2.05, 4.69) is 5.10 Å². The number of aromatic nitrogens is 2. The Morgan fingerprint density at radius 1 is 1.50 bits per heavy atom. The molecule has 0 aliphatic carbocycles. The zero-order valence-electron chi connectivity index (χ0n) is 9.96. The molecule has 0 bridgehead atoms. The predicted molar refractivity (Wildman–Crippen MR) is 67.3 cm³/mol. The van der Waals surface area contributed by atoms with Crippen LogP contribution in [0.4, 0.5) is 5.82 Å². The van der Waals surface area contributed by atoms with Crippen LogP contribution in [0.3, 0.4) is 0 Å². The van der Waals surface area contributed by atoms with Crippen molar-refractivity contribution in [1.82, 2.24) is 9.78 Å². The molecule has 2 aromatic rings. The molecule has 0 unspecified atom stereocenters. The minimum atomic E-state index is -0.579. The predicted octanol–water partition coefficient (Wildman–Crippen LogP) is 0.621. The summed E-state index contributed by atoms with van der Waals surface area (Å²) in [6.45, 7) is 0.455. The zero-order valence-corrected chi connectivity index (χ0v) is 9.96. The van der Waals surface area contributed by atoms with Gasteiger partial charge in [0.1, 0.15) is 17.1 Å². The fraction of sp³-hybridized carbons (Fsp3) is 0.167. The zero-order chi connectivity index (χ0) is 13.1. The summed E-state index contributed by atoms with van der Waals surface area (Å²) in [7, 11) is 1.60. The average molecular weight is 246 g/mol. The van der Waals surface area contributed by atoms with E-state index in [1.807, 2.05) is 24.3 Å². The number of rotatable bonds is 4. The van der Waals surface area contributed by atoms with Gasteiger partial charge in [-0.2, -0.15) is 5.10 Å². The summed E-state index contributed by atoms with van der Waals surface area (Å²) in [5.41, 5.74) is 12.2. The maximum atomic E-state index is 11.1. The van der Waals surface area contributed by atoms with Gasteiger partial charge in [0.15, 0.2) is 0 Å². The standard InChI is InChI=1S/C12H14N4O2/c1-18-9-4-2-3-8(5-9)7-16-11(13)10(6-15-16)12(14)17/h2-6H,7,13H2,1H3,(H2,14,17). The van der Waals surface area contributed by atoms with Crippen LogP contribution in [0.1, 0.15) is 15.9 Å². The Morgan fingerprint density at radius 3 is 2.89 bits per heavy atom. The maximum absolute atomic E-state index is 11.1. The molecule has 0 spiro atoms. The Kier molecular flexibility index (Phi) is 3.18. The SMILES string of the molecule is COc1cccc(Cn2ncc(C(N)=O)c2N)c1. The molecule has 6 heteroatoms. The maximum Gasteiger partial charge on any atom is 0.254 e. The number of anilines is 1. The van der Waals surface area contributed by atoms with Crippen molar-refractivity contribution in [3.8, 4) is 5.75 Å². The average Bonchev–Trinajstić information content (AvgIpc) is 2.71. The van der Waals surface area contributed by atoms with Gasteiger partial charge < -0.3 is 16.2 Å². The third-order valence-electron chi connectivity index (χ3n) is 2.61. The minimum Gasteiger partial charge on any atom is -0.497 e. The van der Waals surface area contributed by atoms with Crippen LogP contribution in [0.2, 0.25) is 0 Å². The van der Waals surface area contributed by atoms with Crippen molar-refractivity contribution < 1.29 is 9.53 Å². The third kappa shape index (κ3) is 2.27. The van der Waals surface area contributed by atoms with Crippen molar-refractivity contribution in [2.45, 2.75) is 6.54 Å². The highest BCUT2D eigenvalue weighted by atomic mass is 16.5. The number of amides is 1. The molecule has 0 fully saturated rings. The van der Waals surface area contributed by atoms with E-state index < -0.39 is 5.91 Å². The first-order valence-electron chi connectivity index (χ1n) is 5.36. The van der Waals surface area contributed by atoms with E-state index in [0.717, 1.165) is 11.3 Å². The molecule has 1 aromatic heterocycles. The monoisotopic (exact) mass is 246 g/mol. The molecule has 94 valence electrons. The van der Waals surface area contributed by atoms with Crippen molar-refractivity contribution >= 4 is 11.7 Å². The number of nitrogens with two attached hydrogens (primary N) is 2. The highest BCUT2D eigenvalue weighted by Gasteiger charge is 2.12. The van der Waals surface area contributed by atoms with E-state index in [9.17, 15) is 4.79 Å². The van der Waals surface area contributed by atoms with Gasteiger partial charge in [0.05, 0.1) is 19.9 Å². The lowest BCUT2D eigenvalue weighted by molar-refractivity contribution is 0.100. The van der Waals surface area contributed by atoms with E-state index in [1.54, 1.807) is 7.11 Å². The fourth-order valence-electron chi connectivity index (χ4n) is 1.65. The van der Waals surface area contributed by atoms with Crippen molar-refractivity contribution in [2.75, 3.05) is 12.8 Å². The number of hydrogen-bond acceptors (Lipinski definition) is 4. The largest absolute Gasteiger partial charge is 0.497 e. The Morgan fingerprint density at radius 2 is 2.28 bits per heavy atom. The quantitative estimate of drug-likeness (QED) is 0.826. The lowest BCUT2D eigenvalue weighted by Crippen LogP contribution is -2.14. The van der Waals surface area contributed by atoms with Crippen LogP contribution in [-0.2, 0) is 6.54 Å². The number of methoxy groups -OCH3 is 1. The molecule has 2 rings (SSSR count). The van der Waals surface area contributed by atoms with Crippen LogP contribution in [0, 0.1) is 0 Å². The summed E-state index contributed by atoms with van der Waals surface area (Å²) in [6.07, 6.45) is 1.37. The first kappa shape index (κ1) is 12.0. The van der Waals surface area contributed by atoms with Crippen LogP contribution >= 0.6 is 0 Å². The summed E-state index contributed by atoms with van der Waals surface area (Å²) >= 11 is 0. The Bertz CT molecular complexity index is 577. The molecule has 0 aliphatic heterocycles. The molecular weight excluding hydrogens is 232 g/mol. The summed E-state index contributed by atoms with van der Waals surface area (Å²) in [6, 6.07) is 7.53. The fourth-order valence-corrected chi connectivity index (χ4v) is 1.65. The van der Waals surface area contributed by atoms with Crippen LogP contribution in [0.25, 0.3) is 0 Å². The highest BCUT2D eigenvalue weighted by molar-refractivity contribution is 5.96. The van der Waals surface area contributed by atoms with Gasteiger partial charge in [-0.15, -0.1) is 0 Å². The van der Waals surface area contributed by atoms with E-state index in [0.29, 0.717) is 6.54 Å². The topological polar surface area (TPSA) is 96.2 Å². The summed E-state index contributed by atoms with van der Waals surface area (Å²) < 4.78 is 6.65. The number of primary amides is 1. The number of benzene rings is 1. The van der Waals surface area contributed by atoms with Crippen molar-refractivity contribution in [3.63, 3.8) is 0 Å². The highest BCUT2D eigenvalue weighted by Crippen LogP contribution is 2.16. The van der Waals surface area contributed by atoms with Crippen molar-refractivity contribution in [2.24, 2.45) is 5.73 Å². The van der Waals surface area contributed by atoms with E-state index in [-0.39, 0.29) is 11.4 Å². The van der Waals surface area contributed by atoms with E-state index in [4.69, 9.17) is 16.2 Å². The molecule has 18 heavy (non-hydrogen) atoms. The molecule has 1 heterocycles. The molecule has 4 N–H and O–H groups in total. The second-order valence-corrected chi connectivity index (χ2v) is 3.82. The molecule has 6 nitrogen and oxygen atoms in total. The second-order valence-electron chi connectivity index (χ2n) is 3.82. The summed E-state index contributed by atoms with van der Waals surface area (Å²) in [5.74, 6) is 0.447. The van der Waals surface area contributed by atoms with Crippen LogP contribution < -0.4 is 16.2 Å². The number of carbonyl (C=O) groups is 1. The van der Waals surface area contributed by atoms with Gasteiger partial charge in [-0.25, -0.2) is 4.68 Å².